The van der Waals surface area contributed by atoms with Crippen molar-refractivity contribution in [1.29, 1.82) is 0 Å². The molecule has 0 atom stereocenters. The van der Waals surface area contributed by atoms with Crippen molar-refractivity contribution < 1.29 is 4.79 Å². The van der Waals surface area contributed by atoms with E-state index in [4.69, 9.17) is 11.6 Å². The molecule has 0 unspecified atom stereocenters. The van der Waals surface area contributed by atoms with Gasteiger partial charge in [-0.3, -0.25) is 9.78 Å². The number of amides is 1. The maximum atomic E-state index is 12.0. The molecule has 0 saturated carbocycles. The minimum atomic E-state index is -0.128. The average Bonchev–Trinajstić information content (AvgIpc) is 2.46. The van der Waals surface area contributed by atoms with Gasteiger partial charge in [0, 0.05) is 29.5 Å². The zero-order chi connectivity index (χ0) is 13.5. The third-order valence-corrected chi connectivity index (χ3v) is 2.99. The smallest absolute Gasteiger partial charge is 0.255 e. The van der Waals surface area contributed by atoms with Gasteiger partial charge < -0.3 is 5.32 Å². The van der Waals surface area contributed by atoms with Gasteiger partial charge in [-0.2, -0.15) is 0 Å². The quantitative estimate of drug-likeness (QED) is 0.848. The maximum absolute atomic E-state index is 12.0. The number of hydrogen-bond acceptors (Lipinski definition) is 2. The number of halogens is 1. The summed E-state index contributed by atoms with van der Waals surface area (Å²) in [5.74, 6) is 0.519. The van der Waals surface area contributed by atoms with Gasteiger partial charge in [-0.05, 0) is 42.7 Å². The zero-order valence-electron chi connectivity index (χ0n) is 10.5. The predicted octanol–water partition coefficient (Wildman–Crippen LogP) is 3.51. The van der Waals surface area contributed by atoms with Crippen LogP contribution in [-0.2, 0) is 6.42 Å². The van der Waals surface area contributed by atoms with Crippen molar-refractivity contribution in [3.63, 3.8) is 0 Å². The summed E-state index contributed by atoms with van der Waals surface area (Å²) in [5, 5.41) is 2.88. The first-order valence-electron chi connectivity index (χ1n) is 6.16. The van der Waals surface area contributed by atoms with Crippen LogP contribution < -0.4 is 5.32 Å². The lowest BCUT2D eigenvalue weighted by Crippen LogP contribution is -2.11. The minimum Gasteiger partial charge on any atom is -0.322 e. The number of aryl methyl sites for hydroxylation is 1. The fourth-order valence-electron chi connectivity index (χ4n) is 1.78. The fraction of sp³-hybridized carbons (Fsp3) is 0.200. The molecule has 0 fully saturated rings. The van der Waals surface area contributed by atoms with Crippen LogP contribution in [0.4, 0.5) is 5.69 Å². The van der Waals surface area contributed by atoms with Crippen LogP contribution in [0.2, 0.25) is 0 Å². The summed E-state index contributed by atoms with van der Waals surface area (Å²) < 4.78 is 0. The molecular weight excluding hydrogens is 260 g/mol. The van der Waals surface area contributed by atoms with Gasteiger partial charge in [0.15, 0.2) is 0 Å². The molecule has 1 aromatic carbocycles. The molecule has 0 radical (unpaired) electrons. The largest absolute Gasteiger partial charge is 0.322 e. The van der Waals surface area contributed by atoms with Crippen molar-refractivity contribution in [1.82, 2.24) is 4.98 Å². The third-order valence-electron chi connectivity index (χ3n) is 2.73. The van der Waals surface area contributed by atoms with Crippen LogP contribution in [0.25, 0.3) is 0 Å². The second-order valence-electron chi connectivity index (χ2n) is 4.18. The molecule has 19 heavy (non-hydrogen) atoms. The number of alkyl halides is 1. The molecule has 3 nitrogen and oxygen atoms in total. The highest BCUT2D eigenvalue weighted by Crippen LogP contribution is 2.13. The van der Waals surface area contributed by atoms with Gasteiger partial charge in [-0.25, -0.2) is 0 Å². The number of pyridine rings is 1. The molecule has 0 spiro atoms. The summed E-state index contributed by atoms with van der Waals surface area (Å²) >= 11 is 5.68. The summed E-state index contributed by atoms with van der Waals surface area (Å²) in [6, 6.07) is 11.2. The van der Waals surface area contributed by atoms with E-state index in [1.165, 1.54) is 5.56 Å². The van der Waals surface area contributed by atoms with Gasteiger partial charge in [-0.15, -0.1) is 11.6 Å². The Balaban J connectivity index is 2.05. The van der Waals surface area contributed by atoms with E-state index in [0.717, 1.165) is 18.5 Å². The number of aromatic nitrogens is 1. The Kier molecular flexibility index (Phi) is 4.93. The Labute approximate surface area is 117 Å². The van der Waals surface area contributed by atoms with Gasteiger partial charge in [0.1, 0.15) is 0 Å². The monoisotopic (exact) mass is 274 g/mol. The van der Waals surface area contributed by atoms with E-state index in [1.54, 1.807) is 24.5 Å². The first kappa shape index (κ1) is 13.6. The first-order valence-corrected chi connectivity index (χ1v) is 6.69. The summed E-state index contributed by atoms with van der Waals surface area (Å²) in [5.41, 5.74) is 2.57. The third kappa shape index (κ3) is 4.07. The molecule has 0 saturated heterocycles. The van der Waals surface area contributed by atoms with Crippen LogP contribution in [0.1, 0.15) is 22.3 Å². The second-order valence-corrected chi connectivity index (χ2v) is 4.56. The molecule has 0 aliphatic heterocycles. The Morgan fingerprint density at radius 3 is 2.74 bits per heavy atom. The van der Waals surface area contributed by atoms with Crippen LogP contribution in [0.5, 0.6) is 0 Å². The van der Waals surface area contributed by atoms with Crippen LogP contribution in [-0.4, -0.2) is 16.8 Å². The molecule has 98 valence electrons. The van der Waals surface area contributed by atoms with Crippen LogP contribution >= 0.6 is 11.6 Å². The predicted molar refractivity (Wildman–Crippen MR) is 77.7 cm³/mol. The van der Waals surface area contributed by atoms with E-state index in [9.17, 15) is 4.79 Å². The number of benzene rings is 1. The molecule has 1 N–H and O–H groups in total. The lowest BCUT2D eigenvalue weighted by Gasteiger charge is -2.07. The lowest BCUT2D eigenvalue weighted by atomic mass is 10.1. The zero-order valence-corrected chi connectivity index (χ0v) is 11.2. The van der Waals surface area contributed by atoms with Crippen molar-refractivity contribution in [2.75, 3.05) is 11.2 Å². The van der Waals surface area contributed by atoms with Gasteiger partial charge in [0.25, 0.3) is 5.91 Å². The van der Waals surface area contributed by atoms with Crippen molar-refractivity contribution in [2.24, 2.45) is 0 Å². The van der Waals surface area contributed by atoms with Crippen molar-refractivity contribution in [3.8, 4) is 0 Å². The van der Waals surface area contributed by atoms with E-state index in [0.29, 0.717) is 11.4 Å². The van der Waals surface area contributed by atoms with Crippen molar-refractivity contribution in [2.45, 2.75) is 12.8 Å². The summed E-state index contributed by atoms with van der Waals surface area (Å²) in [6.07, 6.45) is 5.06. The summed E-state index contributed by atoms with van der Waals surface area (Å²) in [6.45, 7) is 0. The highest BCUT2D eigenvalue weighted by atomic mass is 35.5. The van der Waals surface area contributed by atoms with Crippen LogP contribution in [0.15, 0.2) is 48.8 Å². The van der Waals surface area contributed by atoms with Crippen LogP contribution in [0.3, 0.4) is 0 Å². The molecule has 2 aromatic rings. The SMILES string of the molecule is O=C(Nc1cccc(CCCCl)c1)c1ccncc1. The van der Waals surface area contributed by atoms with E-state index in [2.05, 4.69) is 10.3 Å². The molecule has 0 aliphatic rings. The highest BCUT2D eigenvalue weighted by molar-refractivity contribution is 6.17. The Morgan fingerprint density at radius 2 is 2.00 bits per heavy atom. The summed E-state index contributed by atoms with van der Waals surface area (Å²) in [4.78, 5) is 15.9. The molecule has 1 amide bonds. The minimum absolute atomic E-state index is 0.128. The van der Waals surface area contributed by atoms with Gasteiger partial charge in [0.2, 0.25) is 0 Å². The number of nitrogens with one attached hydrogen (secondary N) is 1. The fourth-order valence-corrected chi connectivity index (χ4v) is 1.92. The number of rotatable bonds is 5. The Morgan fingerprint density at radius 1 is 1.21 bits per heavy atom. The standard InChI is InChI=1S/C15H15ClN2O/c16-8-2-4-12-3-1-5-14(11-12)18-15(19)13-6-9-17-10-7-13/h1,3,5-7,9-11H,2,4,8H2,(H,18,19). The van der Waals surface area contributed by atoms with Crippen LogP contribution in [0, 0.1) is 0 Å². The number of carbonyl (C=O) groups excluding carboxylic acids is 1. The molecule has 4 heteroatoms. The van der Waals surface area contributed by atoms with Gasteiger partial charge >= 0.3 is 0 Å². The molecule has 1 aromatic heterocycles. The van der Waals surface area contributed by atoms with E-state index in [-0.39, 0.29) is 5.91 Å². The van der Waals surface area contributed by atoms with Crippen molar-refractivity contribution >= 4 is 23.2 Å². The normalized spacial score (nSPS) is 10.2. The number of hydrogen-bond donors (Lipinski definition) is 1. The molecule has 0 bridgehead atoms. The van der Waals surface area contributed by atoms with Gasteiger partial charge in [0.05, 0.1) is 0 Å². The summed E-state index contributed by atoms with van der Waals surface area (Å²) in [7, 11) is 0. The molecule has 0 aliphatic carbocycles. The number of anilines is 1. The molecular formula is C15H15ClN2O. The van der Waals surface area contributed by atoms with E-state index < -0.39 is 0 Å². The Bertz CT molecular complexity index is 543. The lowest BCUT2D eigenvalue weighted by molar-refractivity contribution is 0.102. The topological polar surface area (TPSA) is 42.0 Å². The molecule has 1 heterocycles. The average molecular weight is 275 g/mol. The first-order chi connectivity index (χ1) is 9.29. The molecule has 2 rings (SSSR count). The van der Waals surface area contributed by atoms with Crippen molar-refractivity contribution in [3.05, 3.63) is 59.9 Å². The van der Waals surface area contributed by atoms with E-state index in [1.807, 2.05) is 24.3 Å². The van der Waals surface area contributed by atoms with E-state index >= 15 is 0 Å². The highest BCUT2D eigenvalue weighted by Gasteiger charge is 2.05. The van der Waals surface area contributed by atoms with Gasteiger partial charge in [-0.1, -0.05) is 12.1 Å². The maximum Gasteiger partial charge on any atom is 0.255 e. The second kappa shape index (κ2) is 6.90. The number of nitrogens with zero attached hydrogens (tertiary/aromatic N) is 1. The Hall–Kier alpha value is -1.87. The number of carbonyl (C=O) groups is 1.